The Morgan fingerprint density at radius 3 is 1.62 bits per heavy atom. The van der Waals surface area contributed by atoms with Gasteiger partial charge in [-0.15, -0.1) is 0 Å². The molecule has 11 aromatic rings. The molecule has 0 atom stereocenters. The molecule has 0 amide bonds. The van der Waals surface area contributed by atoms with Gasteiger partial charge in [-0.05, 0) is 117 Å². The van der Waals surface area contributed by atoms with E-state index in [-0.39, 0.29) is 0 Å². The fourth-order valence-corrected chi connectivity index (χ4v) is 8.36. The molecule has 3 heteroatoms. The minimum Gasteiger partial charge on any atom is -0.456 e. The molecule has 0 N–H and O–H groups in total. The van der Waals surface area contributed by atoms with E-state index < -0.39 is 0 Å². The molecule has 0 aliphatic carbocycles. The van der Waals surface area contributed by atoms with Crippen molar-refractivity contribution >= 4 is 71.6 Å². The number of hydrogen-bond acceptors (Lipinski definition) is 2. The van der Waals surface area contributed by atoms with Crippen LogP contribution in [0.15, 0.2) is 211 Å². The van der Waals surface area contributed by atoms with Gasteiger partial charge < -0.3 is 13.9 Å². The largest absolute Gasteiger partial charge is 0.456 e. The van der Waals surface area contributed by atoms with Gasteiger partial charge >= 0.3 is 0 Å². The Labute approximate surface area is 318 Å². The minimum absolute atomic E-state index is 0.890. The van der Waals surface area contributed by atoms with Gasteiger partial charge in [0, 0.05) is 33.5 Å². The van der Waals surface area contributed by atoms with E-state index in [9.17, 15) is 0 Å². The fourth-order valence-electron chi connectivity index (χ4n) is 8.36. The predicted molar refractivity (Wildman–Crippen MR) is 231 cm³/mol. The molecule has 0 spiro atoms. The van der Waals surface area contributed by atoms with Crippen LogP contribution in [0.3, 0.4) is 0 Å². The van der Waals surface area contributed by atoms with Crippen molar-refractivity contribution in [1.29, 1.82) is 0 Å². The van der Waals surface area contributed by atoms with Gasteiger partial charge in [0.1, 0.15) is 11.2 Å². The van der Waals surface area contributed by atoms with E-state index in [1.165, 1.54) is 49.3 Å². The number of para-hydroxylation sites is 2. The third-order valence-corrected chi connectivity index (χ3v) is 11.0. The molecular weight excluding hydrogens is 669 g/mol. The van der Waals surface area contributed by atoms with E-state index in [2.05, 4.69) is 210 Å². The average Bonchev–Trinajstić information content (AvgIpc) is 3.52. The molecule has 11 rings (SSSR count). The summed E-state index contributed by atoms with van der Waals surface area (Å²) in [6.45, 7) is 0. The second-order valence-corrected chi connectivity index (χ2v) is 14.2. The van der Waals surface area contributed by atoms with Crippen molar-refractivity contribution in [2.24, 2.45) is 0 Å². The molecule has 0 saturated carbocycles. The van der Waals surface area contributed by atoms with Crippen LogP contribution in [0, 0.1) is 0 Å². The first-order valence-electron chi connectivity index (χ1n) is 18.8. The quantitative estimate of drug-likeness (QED) is 0.172. The van der Waals surface area contributed by atoms with Crippen LogP contribution in [0.4, 0.5) is 17.1 Å². The van der Waals surface area contributed by atoms with E-state index in [0.29, 0.717) is 0 Å². The Kier molecular flexibility index (Phi) is 7.17. The van der Waals surface area contributed by atoms with Crippen molar-refractivity contribution in [3.05, 3.63) is 206 Å². The number of anilines is 3. The van der Waals surface area contributed by atoms with Crippen LogP contribution < -0.4 is 4.90 Å². The predicted octanol–water partition coefficient (Wildman–Crippen LogP) is 14.6. The summed E-state index contributed by atoms with van der Waals surface area (Å²) in [5.74, 6) is 0. The summed E-state index contributed by atoms with van der Waals surface area (Å²) >= 11 is 0. The summed E-state index contributed by atoms with van der Waals surface area (Å²) in [5.41, 5.74) is 13.3. The Morgan fingerprint density at radius 1 is 0.345 bits per heavy atom. The Morgan fingerprint density at radius 2 is 0.873 bits per heavy atom. The molecule has 0 bridgehead atoms. The SMILES string of the molecule is c1ccc(N(c2ccc(-c3ccc(-n4c5cccc6oc7ccccc7c7cccc4c7c65)cc3)cc2)c2ccc(-c3ccc4ccccc4c3)cc2)cc1. The van der Waals surface area contributed by atoms with Gasteiger partial charge in [-0.25, -0.2) is 0 Å². The van der Waals surface area contributed by atoms with Gasteiger partial charge in [-0.2, -0.15) is 0 Å². The van der Waals surface area contributed by atoms with Crippen LogP contribution in [-0.4, -0.2) is 4.57 Å². The number of hydrogen-bond donors (Lipinski definition) is 0. The van der Waals surface area contributed by atoms with Crippen LogP contribution >= 0.6 is 0 Å². The highest BCUT2D eigenvalue weighted by molar-refractivity contribution is 6.26. The zero-order chi connectivity index (χ0) is 36.3. The second-order valence-electron chi connectivity index (χ2n) is 14.2. The third-order valence-electron chi connectivity index (χ3n) is 11.0. The molecule has 0 aliphatic heterocycles. The first-order valence-corrected chi connectivity index (χ1v) is 18.8. The standard InChI is InChI=1S/C52H34N2O/c1-2-12-41(13-3-1)53(43-30-26-38(27-31-43)40-21-20-35-10-4-5-11-39(35)34-40)42-28-22-36(23-29-42)37-24-32-44(33-25-37)54-47-16-8-15-46-45-14-6-7-18-49(45)55-50-19-9-17-48(54)52(50)51(46)47/h1-34H. The second kappa shape index (κ2) is 12.6. The summed E-state index contributed by atoms with van der Waals surface area (Å²) in [6.07, 6.45) is 0. The maximum atomic E-state index is 6.55. The maximum absolute atomic E-state index is 6.55. The molecule has 9 aromatic carbocycles. The first kappa shape index (κ1) is 31.2. The Hall–Kier alpha value is -7.36. The molecule has 2 heterocycles. The number of rotatable bonds is 6. The normalized spacial score (nSPS) is 11.6. The zero-order valence-electron chi connectivity index (χ0n) is 29.9. The zero-order valence-corrected chi connectivity index (χ0v) is 29.9. The summed E-state index contributed by atoms with van der Waals surface area (Å²) in [6, 6.07) is 73.8. The maximum Gasteiger partial charge on any atom is 0.137 e. The summed E-state index contributed by atoms with van der Waals surface area (Å²) in [4.78, 5) is 2.32. The molecule has 2 aromatic heterocycles. The van der Waals surface area contributed by atoms with Crippen molar-refractivity contribution in [3.63, 3.8) is 0 Å². The van der Waals surface area contributed by atoms with Crippen molar-refractivity contribution in [2.75, 3.05) is 4.90 Å². The highest BCUT2D eigenvalue weighted by atomic mass is 16.3. The molecule has 0 saturated heterocycles. The van der Waals surface area contributed by atoms with Gasteiger partial charge in [-0.1, -0.05) is 127 Å². The summed E-state index contributed by atoms with van der Waals surface area (Å²) < 4.78 is 8.92. The highest BCUT2D eigenvalue weighted by Gasteiger charge is 2.19. The van der Waals surface area contributed by atoms with Crippen LogP contribution in [0.5, 0.6) is 0 Å². The topological polar surface area (TPSA) is 21.3 Å². The van der Waals surface area contributed by atoms with E-state index in [4.69, 9.17) is 4.42 Å². The Balaban J connectivity index is 0.938. The van der Waals surface area contributed by atoms with Gasteiger partial charge in [0.15, 0.2) is 0 Å². The molecular formula is C52H34N2O. The highest BCUT2D eigenvalue weighted by Crippen LogP contribution is 2.41. The monoisotopic (exact) mass is 702 g/mol. The molecule has 0 radical (unpaired) electrons. The van der Waals surface area contributed by atoms with Gasteiger partial charge in [0.25, 0.3) is 0 Å². The number of benzene rings is 9. The number of nitrogens with zero attached hydrogens (tertiary/aromatic N) is 2. The first-order chi connectivity index (χ1) is 27.3. The smallest absolute Gasteiger partial charge is 0.137 e. The van der Waals surface area contributed by atoms with Gasteiger partial charge in [0.05, 0.1) is 16.4 Å². The van der Waals surface area contributed by atoms with Crippen molar-refractivity contribution < 1.29 is 4.42 Å². The lowest BCUT2D eigenvalue weighted by molar-refractivity contribution is 0.664. The van der Waals surface area contributed by atoms with Crippen molar-refractivity contribution in [2.45, 2.75) is 0 Å². The summed E-state index contributed by atoms with van der Waals surface area (Å²) in [5, 5.41) is 7.20. The molecule has 0 unspecified atom stereocenters. The lowest BCUT2D eigenvalue weighted by Crippen LogP contribution is -2.09. The number of aromatic nitrogens is 1. The van der Waals surface area contributed by atoms with Gasteiger partial charge in [-0.3, -0.25) is 0 Å². The van der Waals surface area contributed by atoms with E-state index in [1.54, 1.807) is 0 Å². The summed E-state index contributed by atoms with van der Waals surface area (Å²) in [7, 11) is 0. The molecule has 55 heavy (non-hydrogen) atoms. The van der Waals surface area contributed by atoms with Crippen LogP contribution in [0.2, 0.25) is 0 Å². The third kappa shape index (κ3) is 5.20. The van der Waals surface area contributed by atoms with E-state index in [0.717, 1.165) is 50.2 Å². The van der Waals surface area contributed by atoms with Gasteiger partial charge in [0.2, 0.25) is 0 Å². The van der Waals surface area contributed by atoms with Crippen molar-refractivity contribution in [3.8, 4) is 27.9 Å². The average molecular weight is 703 g/mol. The lowest BCUT2D eigenvalue weighted by Gasteiger charge is -2.26. The van der Waals surface area contributed by atoms with Crippen LogP contribution in [-0.2, 0) is 0 Å². The number of fused-ring (bicyclic) bond motifs is 3. The van der Waals surface area contributed by atoms with Crippen molar-refractivity contribution in [1.82, 2.24) is 4.57 Å². The van der Waals surface area contributed by atoms with E-state index >= 15 is 0 Å². The fraction of sp³-hybridized carbons (Fsp3) is 0. The van der Waals surface area contributed by atoms with Crippen LogP contribution in [0.25, 0.3) is 82.5 Å². The van der Waals surface area contributed by atoms with E-state index in [1.807, 2.05) is 6.07 Å². The lowest BCUT2D eigenvalue weighted by atomic mass is 10.0. The molecule has 3 nitrogen and oxygen atoms in total. The molecule has 258 valence electrons. The molecule has 0 fully saturated rings. The molecule has 0 aliphatic rings. The Bertz CT molecular complexity index is 3170. The minimum atomic E-state index is 0.890. The van der Waals surface area contributed by atoms with Crippen LogP contribution in [0.1, 0.15) is 0 Å².